The Labute approximate surface area is 261 Å². The van der Waals surface area contributed by atoms with Gasteiger partial charge in [-0.05, 0) is 23.1 Å². The van der Waals surface area contributed by atoms with Crippen molar-refractivity contribution in [2.24, 2.45) is 10.7 Å². The van der Waals surface area contributed by atoms with Crippen LogP contribution in [0.2, 0.25) is 0 Å². The number of nitrogens with one attached hydrogen (secondary N) is 3. The SMILES string of the molecule is CCCCNC(=O)N(Cc1ccccc1)C(CN=C(N)N[N+](=O)[O-])C[C@@H](NC(=O)C(c1ccccc1)c1ccccc1)C(=O)O. The number of rotatable bonds is 16. The molecule has 3 aromatic carbocycles. The van der Waals surface area contributed by atoms with Gasteiger partial charge in [0.05, 0.1) is 18.5 Å². The van der Waals surface area contributed by atoms with Crippen molar-refractivity contribution in [3.05, 3.63) is 118 Å². The predicted molar refractivity (Wildman–Crippen MR) is 170 cm³/mol. The molecule has 6 N–H and O–H groups in total. The number of carboxylic acids is 1. The lowest BCUT2D eigenvalue weighted by atomic mass is 9.90. The lowest BCUT2D eigenvalue weighted by Gasteiger charge is -2.33. The van der Waals surface area contributed by atoms with Gasteiger partial charge in [0.25, 0.3) is 5.96 Å². The van der Waals surface area contributed by atoms with Crippen LogP contribution in [0.25, 0.3) is 0 Å². The van der Waals surface area contributed by atoms with E-state index in [-0.39, 0.29) is 19.5 Å². The molecule has 13 heteroatoms. The summed E-state index contributed by atoms with van der Waals surface area (Å²) >= 11 is 0. The number of hydrogen-bond donors (Lipinski definition) is 5. The Morgan fingerprint density at radius 3 is 2.02 bits per heavy atom. The third kappa shape index (κ3) is 11.0. The number of benzene rings is 3. The van der Waals surface area contributed by atoms with Gasteiger partial charge in [-0.15, -0.1) is 0 Å². The molecule has 0 saturated carbocycles. The number of nitro groups is 1. The van der Waals surface area contributed by atoms with E-state index in [1.807, 2.05) is 49.4 Å². The molecule has 0 fully saturated rings. The lowest BCUT2D eigenvalue weighted by molar-refractivity contribution is -0.525. The molecule has 3 aromatic rings. The zero-order valence-electron chi connectivity index (χ0n) is 25.0. The highest BCUT2D eigenvalue weighted by molar-refractivity contribution is 5.90. The van der Waals surface area contributed by atoms with Crippen molar-refractivity contribution in [1.29, 1.82) is 0 Å². The summed E-state index contributed by atoms with van der Waals surface area (Å²) in [6.07, 6.45) is 1.30. The number of carboxylic acid groups (broad SMARTS) is 1. The molecule has 0 saturated heterocycles. The number of carbonyl (C=O) groups is 3. The molecule has 238 valence electrons. The fraction of sp³-hybridized carbons (Fsp3) is 0.312. The first-order valence-corrected chi connectivity index (χ1v) is 14.6. The highest BCUT2D eigenvalue weighted by atomic mass is 16.7. The number of nitrogens with zero attached hydrogens (tertiary/aromatic N) is 3. The molecule has 0 radical (unpaired) electrons. The van der Waals surface area contributed by atoms with E-state index in [0.717, 1.165) is 18.4 Å². The summed E-state index contributed by atoms with van der Waals surface area (Å²) in [6, 6.07) is 24.2. The van der Waals surface area contributed by atoms with Gasteiger partial charge in [-0.1, -0.05) is 110 Å². The summed E-state index contributed by atoms with van der Waals surface area (Å²) in [4.78, 5) is 56.3. The zero-order chi connectivity index (χ0) is 32.6. The Bertz CT molecular complexity index is 1380. The molecule has 3 amide bonds. The molecule has 13 nitrogen and oxygen atoms in total. The maximum Gasteiger partial charge on any atom is 0.326 e. The van der Waals surface area contributed by atoms with E-state index >= 15 is 0 Å². The van der Waals surface area contributed by atoms with Gasteiger partial charge < -0.3 is 26.4 Å². The van der Waals surface area contributed by atoms with E-state index in [0.29, 0.717) is 17.7 Å². The molecule has 0 bridgehead atoms. The fourth-order valence-corrected chi connectivity index (χ4v) is 4.79. The number of aliphatic carboxylic acids is 1. The van der Waals surface area contributed by atoms with Gasteiger partial charge in [-0.25, -0.2) is 24.7 Å². The van der Waals surface area contributed by atoms with Crippen molar-refractivity contribution in [2.75, 3.05) is 13.1 Å². The van der Waals surface area contributed by atoms with Gasteiger partial charge >= 0.3 is 12.0 Å². The maximum atomic E-state index is 13.8. The number of hydrazine groups is 1. The van der Waals surface area contributed by atoms with Crippen LogP contribution in [0.15, 0.2) is 96.0 Å². The Morgan fingerprint density at radius 1 is 0.956 bits per heavy atom. The van der Waals surface area contributed by atoms with E-state index in [9.17, 15) is 29.6 Å². The second-order valence-electron chi connectivity index (χ2n) is 10.3. The first-order valence-electron chi connectivity index (χ1n) is 14.6. The molecule has 45 heavy (non-hydrogen) atoms. The number of aliphatic imine (C=N–C) groups is 1. The zero-order valence-corrected chi connectivity index (χ0v) is 25.0. The number of carbonyl (C=O) groups excluding carboxylic acids is 2. The van der Waals surface area contributed by atoms with Crippen LogP contribution < -0.4 is 21.8 Å². The van der Waals surface area contributed by atoms with Crippen molar-refractivity contribution < 1.29 is 24.5 Å². The first-order chi connectivity index (χ1) is 21.7. The van der Waals surface area contributed by atoms with Gasteiger partial charge in [0, 0.05) is 19.5 Å². The standard InChI is InChI=1S/C32H39N7O6/c1-2-3-19-34-32(43)38(22-23-13-7-4-8-14-23)26(21-35-31(33)37-39(44)45)20-27(30(41)42)36-29(40)28(24-15-9-5-10-16-24)25-17-11-6-12-18-25/h4-18,26-28H,2-3,19-22H2,1H3,(H,34,43)(H,36,40)(H,41,42)(H3,33,35,37)/t26?,27-/m1/s1. The lowest BCUT2D eigenvalue weighted by Crippen LogP contribution is -2.52. The summed E-state index contributed by atoms with van der Waals surface area (Å²) < 4.78 is 0. The minimum absolute atomic E-state index is 0.0818. The molecule has 0 aliphatic rings. The van der Waals surface area contributed by atoms with Crippen molar-refractivity contribution in [1.82, 2.24) is 21.0 Å². The van der Waals surface area contributed by atoms with Gasteiger partial charge in [0.15, 0.2) is 5.03 Å². The summed E-state index contributed by atoms with van der Waals surface area (Å²) in [7, 11) is 0. The average Bonchev–Trinajstić information content (AvgIpc) is 3.03. The number of hydrogen-bond acceptors (Lipinski definition) is 6. The number of urea groups is 1. The summed E-state index contributed by atoms with van der Waals surface area (Å²) in [5.74, 6) is -3.18. The van der Waals surface area contributed by atoms with Crippen LogP contribution in [0.5, 0.6) is 0 Å². The monoisotopic (exact) mass is 617 g/mol. The number of nitrogens with two attached hydrogens (primary N) is 1. The van der Waals surface area contributed by atoms with Crippen LogP contribution in [0.4, 0.5) is 4.79 Å². The van der Waals surface area contributed by atoms with Gasteiger partial charge in [-0.3, -0.25) is 4.79 Å². The second kappa shape index (κ2) is 17.6. The molecule has 0 aliphatic carbocycles. The minimum Gasteiger partial charge on any atom is -0.480 e. The number of guanidine groups is 1. The Hall–Kier alpha value is -5.46. The summed E-state index contributed by atoms with van der Waals surface area (Å²) in [5.41, 5.74) is 9.55. The summed E-state index contributed by atoms with van der Waals surface area (Å²) in [5, 5.41) is 25.8. The van der Waals surface area contributed by atoms with Crippen LogP contribution in [-0.2, 0) is 16.1 Å². The fourth-order valence-electron chi connectivity index (χ4n) is 4.79. The highest BCUT2D eigenvalue weighted by Crippen LogP contribution is 2.25. The van der Waals surface area contributed by atoms with Gasteiger partial charge in [0.1, 0.15) is 6.04 Å². The smallest absolute Gasteiger partial charge is 0.326 e. The highest BCUT2D eigenvalue weighted by Gasteiger charge is 2.33. The Morgan fingerprint density at radius 2 is 1.51 bits per heavy atom. The second-order valence-corrected chi connectivity index (χ2v) is 10.3. The van der Waals surface area contributed by atoms with Gasteiger partial charge in [0.2, 0.25) is 5.91 Å². The van der Waals surface area contributed by atoms with Crippen LogP contribution in [0.1, 0.15) is 48.8 Å². The number of amides is 3. The largest absolute Gasteiger partial charge is 0.480 e. The minimum atomic E-state index is -1.45. The van der Waals surface area contributed by atoms with Crippen molar-refractivity contribution in [2.45, 2.75) is 50.7 Å². The Balaban J connectivity index is 1.97. The van der Waals surface area contributed by atoms with E-state index in [1.165, 1.54) is 4.90 Å². The topological polar surface area (TPSA) is 192 Å². The van der Waals surface area contributed by atoms with E-state index in [2.05, 4.69) is 15.6 Å². The van der Waals surface area contributed by atoms with Crippen LogP contribution in [0, 0.1) is 10.1 Å². The molecule has 2 atom stereocenters. The normalized spacial score (nSPS) is 12.5. The van der Waals surface area contributed by atoms with Crippen LogP contribution >= 0.6 is 0 Å². The molecule has 0 heterocycles. The van der Waals surface area contributed by atoms with Crippen LogP contribution in [-0.4, -0.2) is 64.1 Å². The van der Waals surface area contributed by atoms with Crippen molar-refractivity contribution in [3.63, 3.8) is 0 Å². The van der Waals surface area contributed by atoms with E-state index in [1.54, 1.807) is 54.0 Å². The first kappa shape index (κ1) is 34.0. The van der Waals surface area contributed by atoms with Crippen LogP contribution in [0.3, 0.4) is 0 Å². The number of unbranched alkanes of at least 4 members (excludes halogenated alkanes) is 1. The van der Waals surface area contributed by atoms with Crippen molar-refractivity contribution >= 4 is 23.9 Å². The molecule has 0 aromatic heterocycles. The third-order valence-corrected chi connectivity index (χ3v) is 7.03. The maximum absolute atomic E-state index is 13.8. The molecule has 3 rings (SSSR count). The van der Waals surface area contributed by atoms with Gasteiger partial charge in [-0.2, -0.15) is 0 Å². The molecular formula is C32H39N7O6. The molecule has 1 unspecified atom stereocenters. The average molecular weight is 618 g/mol. The molecule has 0 spiro atoms. The Kier molecular flexibility index (Phi) is 13.3. The van der Waals surface area contributed by atoms with E-state index < -0.39 is 46.9 Å². The quantitative estimate of drug-likeness (QED) is 0.0531. The summed E-state index contributed by atoms with van der Waals surface area (Å²) in [6.45, 7) is 2.17. The molecule has 0 aliphatic heterocycles. The van der Waals surface area contributed by atoms with E-state index in [4.69, 9.17) is 5.73 Å². The predicted octanol–water partition coefficient (Wildman–Crippen LogP) is 3.25. The van der Waals surface area contributed by atoms with Crippen molar-refractivity contribution in [3.8, 4) is 0 Å². The third-order valence-electron chi connectivity index (χ3n) is 7.03. The molecular weight excluding hydrogens is 578 g/mol.